The number of anilines is 2. The fourth-order valence-corrected chi connectivity index (χ4v) is 1.85. The van der Waals surface area contributed by atoms with Crippen molar-refractivity contribution in [2.75, 3.05) is 17.2 Å². The minimum Gasteiger partial charge on any atom is -0.390 e. The van der Waals surface area contributed by atoms with Crippen LogP contribution in [0.25, 0.3) is 0 Å². The molecule has 92 valence electrons. The monoisotopic (exact) mass is 226 g/mol. The third-order valence-corrected chi connectivity index (χ3v) is 2.62. The van der Waals surface area contributed by atoms with Crippen LogP contribution in [0.3, 0.4) is 0 Å². The smallest absolute Gasteiger partial charge is 0.319 e. The molecule has 0 aromatic carbocycles. The molecule has 2 N–H and O–H groups in total. The van der Waals surface area contributed by atoms with Gasteiger partial charge in [0.25, 0.3) is 0 Å². The average molecular weight is 226 g/mol. The SMILES string of the molecule is CCC(CC)N(CC(C)C)c1nnc(N)o1. The second-order valence-corrected chi connectivity index (χ2v) is 4.44. The van der Waals surface area contributed by atoms with Crippen molar-refractivity contribution in [3.05, 3.63) is 0 Å². The molecule has 0 aliphatic heterocycles. The maximum Gasteiger partial charge on any atom is 0.319 e. The number of aromatic nitrogens is 2. The van der Waals surface area contributed by atoms with Crippen LogP contribution in [0, 0.1) is 5.92 Å². The molecule has 0 atom stereocenters. The fourth-order valence-electron chi connectivity index (χ4n) is 1.85. The van der Waals surface area contributed by atoms with Gasteiger partial charge >= 0.3 is 12.0 Å². The van der Waals surface area contributed by atoms with E-state index in [1.807, 2.05) is 0 Å². The first kappa shape index (κ1) is 12.8. The summed E-state index contributed by atoms with van der Waals surface area (Å²) in [5.74, 6) is 0.550. The highest BCUT2D eigenvalue weighted by atomic mass is 16.4. The Hall–Kier alpha value is -1.26. The van der Waals surface area contributed by atoms with Gasteiger partial charge in [0.2, 0.25) is 0 Å². The van der Waals surface area contributed by atoms with Gasteiger partial charge in [0, 0.05) is 12.6 Å². The molecule has 1 rings (SSSR count). The van der Waals surface area contributed by atoms with Crippen molar-refractivity contribution in [1.29, 1.82) is 0 Å². The van der Waals surface area contributed by atoms with Crippen molar-refractivity contribution in [3.63, 3.8) is 0 Å². The van der Waals surface area contributed by atoms with Crippen molar-refractivity contribution in [3.8, 4) is 0 Å². The zero-order chi connectivity index (χ0) is 12.1. The Balaban J connectivity index is 2.85. The van der Waals surface area contributed by atoms with Crippen molar-refractivity contribution in [2.24, 2.45) is 5.92 Å². The molecule has 0 amide bonds. The Morgan fingerprint density at radius 1 is 1.25 bits per heavy atom. The quantitative estimate of drug-likeness (QED) is 0.806. The van der Waals surface area contributed by atoms with Crippen molar-refractivity contribution in [2.45, 2.75) is 46.6 Å². The first-order valence-electron chi connectivity index (χ1n) is 5.94. The fraction of sp³-hybridized carbons (Fsp3) is 0.818. The summed E-state index contributed by atoms with van der Waals surface area (Å²) in [4.78, 5) is 2.16. The van der Waals surface area contributed by atoms with Gasteiger partial charge in [-0.1, -0.05) is 37.9 Å². The Morgan fingerprint density at radius 3 is 2.25 bits per heavy atom. The van der Waals surface area contributed by atoms with E-state index in [9.17, 15) is 0 Å². The Kier molecular flexibility index (Phi) is 4.58. The number of nitrogen functional groups attached to an aromatic ring is 1. The lowest BCUT2D eigenvalue weighted by Crippen LogP contribution is -2.37. The Morgan fingerprint density at radius 2 is 1.88 bits per heavy atom. The average Bonchev–Trinajstić information content (AvgIpc) is 2.64. The van der Waals surface area contributed by atoms with Crippen molar-refractivity contribution >= 4 is 12.0 Å². The first-order chi connectivity index (χ1) is 7.58. The first-order valence-corrected chi connectivity index (χ1v) is 5.94. The molecule has 0 radical (unpaired) electrons. The van der Waals surface area contributed by atoms with Crippen LogP contribution in [0.4, 0.5) is 12.0 Å². The zero-order valence-electron chi connectivity index (χ0n) is 10.6. The molecular weight excluding hydrogens is 204 g/mol. The number of nitrogens with two attached hydrogens (primary N) is 1. The molecule has 5 nitrogen and oxygen atoms in total. The third-order valence-electron chi connectivity index (χ3n) is 2.62. The van der Waals surface area contributed by atoms with Crippen LogP contribution in [0.1, 0.15) is 40.5 Å². The molecule has 1 aromatic heterocycles. The lowest BCUT2D eigenvalue weighted by atomic mass is 10.1. The van der Waals surface area contributed by atoms with E-state index in [-0.39, 0.29) is 6.01 Å². The number of hydrogen-bond acceptors (Lipinski definition) is 5. The standard InChI is InChI=1S/C11H22N4O/c1-5-9(6-2)15(7-8(3)4)11-14-13-10(12)16-11/h8-9H,5-7H2,1-4H3,(H2,12,13). The summed E-state index contributed by atoms with van der Waals surface area (Å²) in [5, 5.41) is 7.69. The Labute approximate surface area is 97.0 Å². The topological polar surface area (TPSA) is 68.2 Å². The van der Waals surface area contributed by atoms with Gasteiger partial charge in [0.05, 0.1) is 0 Å². The van der Waals surface area contributed by atoms with Gasteiger partial charge in [-0.3, -0.25) is 0 Å². The van der Waals surface area contributed by atoms with Gasteiger partial charge in [0.15, 0.2) is 0 Å². The van der Waals surface area contributed by atoms with Crippen LogP contribution in [0.2, 0.25) is 0 Å². The third kappa shape index (κ3) is 3.12. The van der Waals surface area contributed by atoms with E-state index in [0.29, 0.717) is 18.0 Å². The van der Waals surface area contributed by atoms with Gasteiger partial charge in [-0.25, -0.2) is 0 Å². The van der Waals surface area contributed by atoms with Gasteiger partial charge < -0.3 is 15.1 Å². The molecule has 0 spiro atoms. The van der Waals surface area contributed by atoms with Crippen LogP contribution in [-0.4, -0.2) is 22.8 Å². The molecule has 0 aliphatic rings. The van der Waals surface area contributed by atoms with E-state index in [4.69, 9.17) is 10.2 Å². The van der Waals surface area contributed by atoms with Gasteiger partial charge in [-0.05, 0) is 18.8 Å². The van der Waals surface area contributed by atoms with E-state index in [1.165, 1.54) is 0 Å². The predicted molar refractivity (Wildman–Crippen MR) is 65.3 cm³/mol. The molecule has 0 aliphatic carbocycles. The molecule has 16 heavy (non-hydrogen) atoms. The van der Waals surface area contributed by atoms with Gasteiger partial charge in [-0.15, -0.1) is 0 Å². The molecule has 0 saturated carbocycles. The van der Waals surface area contributed by atoms with E-state index < -0.39 is 0 Å². The lowest BCUT2D eigenvalue weighted by Gasteiger charge is -2.30. The summed E-state index contributed by atoms with van der Waals surface area (Å²) in [6, 6.07) is 1.11. The highest BCUT2D eigenvalue weighted by Gasteiger charge is 2.21. The molecular formula is C11H22N4O. The van der Waals surface area contributed by atoms with Crippen LogP contribution < -0.4 is 10.6 Å². The normalized spacial score (nSPS) is 11.4. The van der Waals surface area contributed by atoms with E-state index in [1.54, 1.807) is 0 Å². The molecule has 1 aromatic rings. The van der Waals surface area contributed by atoms with E-state index in [2.05, 4.69) is 42.8 Å². The van der Waals surface area contributed by atoms with Crippen molar-refractivity contribution in [1.82, 2.24) is 10.2 Å². The predicted octanol–water partition coefficient (Wildman–Crippen LogP) is 2.30. The highest BCUT2D eigenvalue weighted by molar-refractivity contribution is 5.29. The number of nitrogens with zero attached hydrogens (tertiary/aromatic N) is 3. The maximum atomic E-state index is 5.46. The summed E-state index contributed by atoms with van der Waals surface area (Å²) < 4.78 is 5.31. The van der Waals surface area contributed by atoms with Gasteiger partial charge in [0.1, 0.15) is 0 Å². The summed E-state index contributed by atoms with van der Waals surface area (Å²) in [6.45, 7) is 9.60. The zero-order valence-corrected chi connectivity index (χ0v) is 10.6. The van der Waals surface area contributed by atoms with Crippen LogP contribution in [-0.2, 0) is 0 Å². The summed E-state index contributed by atoms with van der Waals surface area (Å²) in [7, 11) is 0. The molecule has 0 fully saturated rings. The number of hydrogen-bond donors (Lipinski definition) is 1. The van der Waals surface area contributed by atoms with E-state index >= 15 is 0 Å². The second-order valence-electron chi connectivity index (χ2n) is 4.44. The molecule has 0 saturated heterocycles. The minimum absolute atomic E-state index is 0.134. The second kappa shape index (κ2) is 5.72. The lowest BCUT2D eigenvalue weighted by molar-refractivity contribution is 0.452. The van der Waals surface area contributed by atoms with Crippen molar-refractivity contribution < 1.29 is 4.42 Å². The summed E-state index contributed by atoms with van der Waals surface area (Å²) in [5.41, 5.74) is 5.46. The molecule has 1 heterocycles. The summed E-state index contributed by atoms with van der Waals surface area (Å²) >= 11 is 0. The summed E-state index contributed by atoms with van der Waals surface area (Å²) in [6.07, 6.45) is 2.12. The highest BCUT2D eigenvalue weighted by Crippen LogP contribution is 2.21. The molecule has 5 heteroatoms. The van der Waals surface area contributed by atoms with Gasteiger partial charge in [-0.2, -0.15) is 0 Å². The van der Waals surface area contributed by atoms with Crippen LogP contribution in [0.15, 0.2) is 4.42 Å². The van der Waals surface area contributed by atoms with E-state index in [0.717, 1.165) is 19.4 Å². The number of rotatable bonds is 6. The molecule has 0 unspecified atom stereocenters. The minimum atomic E-state index is 0.134. The Bertz CT molecular complexity index is 307. The maximum absolute atomic E-state index is 5.46. The van der Waals surface area contributed by atoms with Crippen LogP contribution >= 0.6 is 0 Å². The molecule has 0 bridgehead atoms. The van der Waals surface area contributed by atoms with Crippen LogP contribution in [0.5, 0.6) is 0 Å². The largest absolute Gasteiger partial charge is 0.390 e.